The van der Waals surface area contributed by atoms with Crippen LogP contribution in [0.25, 0.3) is 0 Å². The van der Waals surface area contributed by atoms with E-state index < -0.39 is 36.6 Å². The van der Waals surface area contributed by atoms with Crippen molar-refractivity contribution < 1.29 is 37.3 Å². The summed E-state index contributed by atoms with van der Waals surface area (Å²) in [5.74, 6) is -2.63. The van der Waals surface area contributed by atoms with E-state index in [4.69, 9.17) is 9.84 Å². The zero-order valence-electron chi connectivity index (χ0n) is 12.4. The van der Waals surface area contributed by atoms with Crippen LogP contribution >= 0.6 is 0 Å². The molecule has 1 atom stereocenters. The molecule has 0 spiro atoms. The highest BCUT2D eigenvalue weighted by Gasteiger charge is 2.29. The van der Waals surface area contributed by atoms with E-state index in [2.05, 4.69) is 21.6 Å². The molecule has 1 unspecified atom stereocenters. The topological polar surface area (TPSA) is 97.8 Å². The number of hydrogen-bond donors (Lipinski definition) is 2. The third-order valence-corrected chi connectivity index (χ3v) is 2.46. The molecule has 0 bridgehead atoms. The third-order valence-electron chi connectivity index (χ3n) is 2.46. The van der Waals surface area contributed by atoms with Crippen molar-refractivity contribution in [2.45, 2.75) is 12.2 Å². The summed E-state index contributed by atoms with van der Waals surface area (Å²) in [5.41, 5.74) is -0.287. The maximum atomic E-state index is 12.1. The van der Waals surface area contributed by atoms with Crippen molar-refractivity contribution in [1.29, 1.82) is 0 Å². The highest BCUT2D eigenvalue weighted by atomic mass is 19.4. The second-order valence-electron chi connectivity index (χ2n) is 4.46. The van der Waals surface area contributed by atoms with Crippen LogP contribution in [0.3, 0.4) is 0 Å². The molecule has 1 aromatic heterocycles. The van der Waals surface area contributed by atoms with Crippen LogP contribution in [0, 0.1) is 0 Å². The van der Waals surface area contributed by atoms with E-state index in [0.29, 0.717) is 0 Å². The predicted molar refractivity (Wildman–Crippen MR) is 75.7 cm³/mol. The Morgan fingerprint density at radius 1 is 1.42 bits per heavy atom. The Morgan fingerprint density at radius 3 is 2.71 bits per heavy atom. The van der Waals surface area contributed by atoms with Gasteiger partial charge in [0.25, 0.3) is 5.91 Å². The molecule has 0 aliphatic rings. The van der Waals surface area contributed by atoms with Gasteiger partial charge in [0.2, 0.25) is 5.88 Å². The summed E-state index contributed by atoms with van der Waals surface area (Å²) >= 11 is 0. The molecule has 0 aliphatic heterocycles. The fraction of sp³-hybridized carbons (Fsp3) is 0.357. The summed E-state index contributed by atoms with van der Waals surface area (Å²) in [6.45, 7) is 1.62. The lowest BCUT2D eigenvalue weighted by Crippen LogP contribution is -2.44. The Balaban J connectivity index is 2.71. The minimum atomic E-state index is -4.54. The van der Waals surface area contributed by atoms with Crippen LogP contribution in [0.5, 0.6) is 5.88 Å². The normalized spacial score (nSPS) is 12.3. The number of carboxylic acid groups (broad SMARTS) is 1. The largest absolute Gasteiger partial charge is 0.480 e. The molecule has 0 aliphatic carbocycles. The number of alkyl halides is 3. The zero-order valence-corrected chi connectivity index (χ0v) is 12.4. The van der Waals surface area contributed by atoms with E-state index in [0.717, 1.165) is 6.07 Å². The number of carbonyl (C=O) groups excluding carboxylic acids is 1. The summed E-state index contributed by atoms with van der Waals surface area (Å²) in [6, 6.07) is 2.26. The summed E-state index contributed by atoms with van der Waals surface area (Å²) in [6.07, 6.45) is -3.14. The lowest BCUT2D eigenvalue weighted by atomic mass is 10.2. The number of carbonyl (C=O) groups is 2. The van der Waals surface area contributed by atoms with E-state index in [1.54, 1.807) is 0 Å². The standard InChI is InChI=1S/C14H15F3N2O5/c1-2-6-23-7-10(13(21)22)19-12(20)9-4-3-5-11(18-9)24-8-14(15,16)17/h2-5,10H,1,6-8H2,(H,19,20)(H,21,22). The third kappa shape index (κ3) is 7.09. The first kappa shape index (κ1) is 19.4. The number of hydrogen-bond acceptors (Lipinski definition) is 5. The Kier molecular flexibility index (Phi) is 7.18. The van der Waals surface area contributed by atoms with Gasteiger partial charge in [-0.25, -0.2) is 9.78 Å². The maximum absolute atomic E-state index is 12.1. The monoisotopic (exact) mass is 348 g/mol. The molecule has 0 saturated carbocycles. The van der Waals surface area contributed by atoms with E-state index in [-0.39, 0.29) is 18.9 Å². The quantitative estimate of drug-likeness (QED) is 0.517. The van der Waals surface area contributed by atoms with Crippen molar-refractivity contribution in [2.24, 2.45) is 0 Å². The second-order valence-corrected chi connectivity index (χ2v) is 4.46. The number of aliphatic carboxylic acids is 1. The Hall–Kier alpha value is -2.62. The summed E-state index contributed by atoms with van der Waals surface area (Å²) in [4.78, 5) is 26.6. The summed E-state index contributed by atoms with van der Waals surface area (Å²) < 4.78 is 45.7. The predicted octanol–water partition coefficient (Wildman–Crippen LogP) is 1.41. The van der Waals surface area contributed by atoms with Crippen molar-refractivity contribution >= 4 is 11.9 Å². The molecule has 7 nitrogen and oxygen atoms in total. The van der Waals surface area contributed by atoms with Gasteiger partial charge in [-0.3, -0.25) is 4.79 Å². The molecular weight excluding hydrogens is 333 g/mol. The van der Waals surface area contributed by atoms with Crippen molar-refractivity contribution in [2.75, 3.05) is 19.8 Å². The molecule has 24 heavy (non-hydrogen) atoms. The average Bonchev–Trinajstić information content (AvgIpc) is 2.51. The van der Waals surface area contributed by atoms with E-state index >= 15 is 0 Å². The number of amides is 1. The van der Waals surface area contributed by atoms with Gasteiger partial charge in [0.05, 0.1) is 13.2 Å². The van der Waals surface area contributed by atoms with Gasteiger partial charge < -0.3 is 19.9 Å². The molecule has 2 N–H and O–H groups in total. The molecular formula is C14H15F3N2O5. The van der Waals surface area contributed by atoms with Gasteiger partial charge in [-0.05, 0) is 6.07 Å². The molecule has 1 rings (SSSR count). The number of aromatic nitrogens is 1. The minimum absolute atomic E-state index is 0.0959. The van der Waals surface area contributed by atoms with Crippen molar-refractivity contribution in [3.8, 4) is 5.88 Å². The number of carboxylic acids is 1. The van der Waals surface area contributed by atoms with Gasteiger partial charge in [-0.15, -0.1) is 6.58 Å². The van der Waals surface area contributed by atoms with Gasteiger partial charge in [0, 0.05) is 6.07 Å². The van der Waals surface area contributed by atoms with E-state index in [9.17, 15) is 22.8 Å². The van der Waals surface area contributed by atoms with E-state index in [1.165, 1.54) is 18.2 Å². The number of ether oxygens (including phenoxy) is 2. The van der Waals surface area contributed by atoms with Crippen LogP contribution in [0.15, 0.2) is 30.9 Å². The minimum Gasteiger partial charge on any atom is -0.480 e. The van der Waals surface area contributed by atoms with Gasteiger partial charge in [0.15, 0.2) is 12.6 Å². The molecule has 0 saturated heterocycles. The van der Waals surface area contributed by atoms with Crippen LogP contribution < -0.4 is 10.1 Å². The van der Waals surface area contributed by atoms with Crippen LogP contribution in [0.2, 0.25) is 0 Å². The van der Waals surface area contributed by atoms with Gasteiger partial charge in [-0.1, -0.05) is 12.1 Å². The number of pyridine rings is 1. The molecule has 1 aromatic rings. The van der Waals surface area contributed by atoms with Crippen LogP contribution in [0.4, 0.5) is 13.2 Å². The number of nitrogens with one attached hydrogen (secondary N) is 1. The Bertz CT molecular complexity index is 592. The molecule has 10 heteroatoms. The van der Waals surface area contributed by atoms with Gasteiger partial charge in [0.1, 0.15) is 5.69 Å². The average molecular weight is 348 g/mol. The van der Waals surface area contributed by atoms with Gasteiger partial charge in [-0.2, -0.15) is 13.2 Å². The van der Waals surface area contributed by atoms with Crippen LogP contribution in [0.1, 0.15) is 10.5 Å². The summed E-state index contributed by atoms with van der Waals surface area (Å²) in [5, 5.41) is 11.2. The lowest BCUT2D eigenvalue weighted by Gasteiger charge is -2.14. The first-order chi connectivity index (χ1) is 11.2. The molecule has 1 amide bonds. The fourth-order valence-electron chi connectivity index (χ4n) is 1.45. The van der Waals surface area contributed by atoms with Crippen LogP contribution in [-0.2, 0) is 9.53 Å². The molecule has 1 heterocycles. The Morgan fingerprint density at radius 2 is 2.12 bits per heavy atom. The smallest absolute Gasteiger partial charge is 0.422 e. The number of halogens is 3. The Labute approximate surface area is 135 Å². The fourth-order valence-corrected chi connectivity index (χ4v) is 1.45. The maximum Gasteiger partial charge on any atom is 0.422 e. The molecule has 132 valence electrons. The van der Waals surface area contributed by atoms with Crippen LogP contribution in [-0.4, -0.2) is 54.0 Å². The van der Waals surface area contributed by atoms with Gasteiger partial charge >= 0.3 is 12.1 Å². The highest BCUT2D eigenvalue weighted by molar-refractivity contribution is 5.95. The zero-order chi connectivity index (χ0) is 18.2. The molecule has 0 aromatic carbocycles. The molecule has 0 radical (unpaired) electrons. The first-order valence-corrected chi connectivity index (χ1v) is 6.62. The van der Waals surface area contributed by atoms with Crippen molar-refractivity contribution in [3.63, 3.8) is 0 Å². The summed E-state index contributed by atoms with van der Waals surface area (Å²) in [7, 11) is 0. The van der Waals surface area contributed by atoms with E-state index in [1.807, 2.05) is 0 Å². The van der Waals surface area contributed by atoms with Crippen molar-refractivity contribution in [1.82, 2.24) is 10.3 Å². The molecule has 0 fully saturated rings. The lowest BCUT2D eigenvalue weighted by molar-refractivity contribution is -0.154. The first-order valence-electron chi connectivity index (χ1n) is 6.62. The number of rotatable bonds is 9. The highest BCUT2D eigenvalue weighted by Crippen LogP contribution is 2.17. The number of nitrogens with zero attached hydrogens (tertiary/aromatic N) is 1. The van der Waals surface area contributed by atoms with Crippen molar-refractivity contribution in [3.05, 3.63) is 36.5 Å². The second kappa shape index (κ2) is 8.87. The SMILES string of the molecule is C=CCOCC(NC(=O)c1cccc(OCC(F)(F)F)n1)C(=O)O.